The van der Waals surface area contributed by atoms with Crippen LogP contribution in [0.2, 0.25) is 0 Å². The normalized spacial score (nSPS) is 37.5. The molecule has 2 fully saturated rings. The van der Waals surface area contributed by atoms with Crippen LogP contribution in [0.5, 0.6) is 0 Å². The number of halogens is 1. The number of anilines is 1. The molecule has 0 aromatic heterocycles. The zero-order valence-electron chi connectivity index (χ0n) is 11.8. The van der Waals surface area contributed by atoms with E-state index >= 15 is 0 Å². The number of carboxylic acid groups (broad SMARTS) is 1. The fourth-order valence-electron chi connectivity index (χ4n) is 4.33. The largest absolute Gasteiger partial charge is 0.481 e. The van der Waals surface area contributed by atoms with E-state index in [4.69, 9.17) is 0 Å². The van der Waals surface area contributed by atoms with Crippen molar-refractivity contribution in [3.63, 3.8) is 0 Å². The van der Waals surface area contributed by atoms with Gasteiger partial charge in [-0.15, -0.1) is 0 Å². The van der Waals surface area contributed by atoms with Gasteiger partial charge in [0.25, 0.3) is 0 Å². The van der Waals surface area contributed by atoms with Crippen LogP contribution in [0.25, 0.3) is 0 Å². The maximum Gasteiger partial charge on any atom is 0.307 e. The molecule has 4 aliphatic carbocycles. The van der Waals surface area contributed by atoms with Gasteiger partial charge in [0.2, 0.25) is 5.91 Å². The van der Waals surface area contributed by atoms with Gasteiger partial charge < -0.3 is 10.4 Å². The molecular formula is C17H16INO3. The third kappa shape index (κ3) is 2.17. The highest BCUT2D eigenvalue weighted by Gasteiger charge is 2.62. The van der Waals surface area contributed by atoms with E-state index in [1.54, 1.807) is 0 Å². The van der Waals surface area contributed by atoms with Gasteiger partial charge in [0, 0.05) is 9.26 Å². The standard InChI is InChI=1S/C17H16INO3/c18-8-1-3-9(4-2-8)19-16(20)14-10-5-6-11(13-7-12(10)13)15(14)17(21)22/h1-6,10-15H,7H2,(H,19,20)(H,21,22)/t10-,11+,12+,13+,14+,15-/m0/s1. The Morgan fingerprint density at radius 3 is 2.23 bits per heavy atom. The first-order valence-electron chi connectivity index (χ1n) is 7.54. The Balaban J connectivity index is 1.60. The second-order valence-electron chi connectivity index (χ2n) is 6.49. The summed E-state index contributed by atoms with van der Waals surface area (Å²) < 4.78 is 1.10. The third-order valence-electron chi connectivity index (χ3n) is 5.35. The quantitative estimate of drug-likeness (QED) is 0.596. The molecule has 2 saturated carbocycles. The zero-order chi connectivity index (χ0) is 15.4. The summed E-state index contributed by atoms with van der Waals surface area (Å²) in [5.41, 5.74) is 0.729. The van der Waals surface area contributed by atoms with Crippen LogP contribution in [0.15, 0.2) is 36.4 Å². The van der Waals surface area contributed by atoms with E-state index in [1.807, 2.05) is 30.3 Å². The lowest BCUT2D eigenvalue weighted by atomic mass is 9.62. The first kappa shape index (κ1) is 14.2. The predicted molar refractivity (Wildman–Crippen MR) is 90.1 cm³/mol. The number of hydrogen-bond acceptors (Lipinski definition) is 2. The molecule has 0 saturated heterocycles. The van der Waals surface area contributed by atoms with Crippen LogP contribution in [-0.4, -0.2) is 17.0 Å². The van der Waals surface area contributed by atoms with E-state index in [9.17, 15) is 14.7 Å². The monoisotopic (exact) mass is 409 g/mol. The van der Waals surface area contributed by atoms with Crippen molar-refractivity contribution < 1.29 is 14.7 Å². The van der Waals surface area contributed by atoms with Crippen molar-refractivity contribution in [3.05, 3.63) is 40.0 Å². The molecule has 1 aromatic rings. The van der Waals surface area contributed by atoms with Crippen LogP contribution in [0.1, 0.15) is 6.42 Å². The summed E-state index contributed by atoms with van der Waals surface area (Å²) in [5, 5.41) is 12.5. The van der Waals surface area contributed by atoms with Crippen molar-refractivity contribution in [1.29, 1.82) is 0 Å². The van der Waals surface area contributed by atoms with Crippen molar-refractivity contribution in [1.82, 2.24) is 0 Å². The molecule has 0 radical (unpaired) electrons. The van der Waals surface area contributed by atoms with Gasteiger partial charge in [0.1, 0.15) is 0 Å². The third-order valence-corrected chi connectivity index (χ3v) is 6.07. The van der Waals surface area contributed by atoms with Gasteiger partial charge in [-0.25, -0.2) is 0 Å². The topological polar surface area (TPSA) is 66.4 Å². The van der Waals surface area contributed by atoms with Crippen LogP contribution >= 0.6 is 22.6 Å². The Kier molecular flexibility index (Phi) is 3.29. The number of carbonyl (C=O) groups excluding carboxylic acids is 1. The van der Waals surface area contributed by atoms with Crippen LogP contribution in [0.4, 0.5) is 5.69 Å². The summed E-state index contributed by atoms with van der Waals surface area (Å²) in [4.78, 5) is 24.4. The van der Waals surface area contributed by atoms with Crippen molar-refractivity contribution in [2.75, 3.05) is 5.32 Å². The summed E-state index contributed by atoms with van der Waals surface area (Å²) in [7, 11) is 0. The average molecular weight is 409 g/mol. The van der Waals surface area contributed by atoms with Gasteiger partial charge in [-0.05, 0) is 76.9 Å². The summed E-state index contributed by atoms with van der Waals surface area (Å²) >= 11 is 2.21. The fraction of sp³-hybridized carbons (Fsp3) is 0.412. The number of carboxylic acids is 1. The van der Waals surface area contributed by atoms with E-state index in [1.165, 1.54) is 0 Å². The Bertz CT molecular complexity index is 669. The SMILES string of the molecule is O=C(Nc1ccc(I)cc1)[C@@H]1[C@H]2C=C[C@H]([C@H]3C[C@H]23)[C@@H]1C(=O)O. The van der Waals surface area contributed by atoms with E-state index in [-0.39, 0.29) is 17.7 Å². The molecule has 2 bridgehead atoms. The van der Waals surface area contributed by atoms with Crippen LogP contribution in [0, 0.1) is 39.1 Å². The van der Waals surface area contributed by atoms with Crippen LogP contribution in [-0.2, 0) is 9.59 Å². The maximum atomic E-state index is 12.7. The number of carbonyl (C=O) groups is 2. The number of aliphatic carboxylic acids is 1. The molecule has 0 aliphatic heterocycles. The number of allylic oxidation sites excluding steroid dienone is 2. The molecule has 4 aliphatic rings. The smallest absolute Gasteiger partial charge is 0.307 e. The van der Waals surface area contributed by atoms with Gasteiger partial charge in [-0.2, -0.15) is 0 Å². The van der Waals surface area contributed by atoms with Crippen LogP contribution < -0.4 is 5.32 Å². The van der Waals surface area contributed by atoms with E-state index in [0.29, 0.717) is 11.8 Å². The highest BCUT2D eigenvalue weighted by atomic mass is 127. The van der Waals surface area contributed by atoms with Gasteiger partial charge >= 0.3 is 5.97 Å². The van der Waals surface area contributed by atoms with Crippen molar-refractivity contribution in [2.45, 2.75) is 6.42 Å². The summed E-state index contributed by atoms with van der Waals surface area (Å²) in [6.07, 6.45) is 5.18. The zero-order valence-corrected chi connectivity index (χ0v) is 13.9. The minimum absolute atomic E-state index is 0.0278. The molecule has 1 amide bonds. The van der Waals surface area contributed by atoms with Crippen molar-refractivity contribution in [2.24, 2.45) is 35.5 Å². The molecular weight excluding hydrogens is 393 g/mol. The van der Waals surface area contributed by atoms with Crippen molar-refractivity contribution >= 4 is 40.2 Å². The first-order chi connectivity index (χ1) is 10.6. The minimum atomic E-state index is -0.840. The number of benzene rings is 1. The Labute approximate surface area is 142 Å². The van der Waals surface area contributed by atoms with Crippen molar-refractivity contribution in [3.8, 4) is 0 Å². The van der Waals surface area contributed by atoms with Gasteiger partial charge in [-0.1, -0.05) is 12.2 Å². The van der Waals surface area contributed by atoms with E-state index in [2.05, 4.69) is 34.0 Å². The lowest BCUT2D eigenvalue weighted by molar-refractivity contribution is -0.152. The molecule has 5 heteroatoms. The summed E-state index contributed by atoms with van der Waals surface area (Å²) in [6.45, 7) is 0. The maximum absolute atomic E-state index is 12.7. The fourth-order valence-corrected chi connectivity index (χ4v) is 4.69. The van der Waals surface area contributed by atoms with Gasteiger partial charge in [0.15, 0.2) is 0 Å². The average Bonchev–Trinajstić information content (AvgIpc) is 3.30. The number of hydrogen-bond donors (Lipinski definition) is 2. The molecule has 1 aromatic carbocycles. The van der Waals surface area contributed by atoms with E-state index < -0.39 is 17.8 Å². The Morgan fingerprint density at radius 1 is 1.05 bits per heavy atom. The Morgan fingerprint density at radius 2 is 1.64 bits per heavy atom. The molecule has 0 unspecified atom stereocenters. The van der Waals surface area contributed by atoms with Gasteiger partial charge in [0.05, 0.1) is 11.8 Å². The molecule has 6 atom stereocenters. The molecule has 5 rings (SSSR count). The highest BCUT2D eigenvalue weighted by molar-refractivity contribution is 14.1. The summed E-state index contributed by atoms with van der Waals surface area (Å²) in [5.74, 6) is -0.916. The highest BCUT2D eigenvalue weighted by Crippen LogP contribution is 2.63. The molecule has 114 valence electrons. The minimum Gasteiger partial charge on any atom is -0.481 e. The number of nitrogens with one attached hydrogen (secondary N) is 1. The first-order valence-corrected chi connectivity index (χ1v) is 8.61. The lowest BCUT2D eigenvalue weighted by Gasteiger charge is -2.41. The number of amides is 1. The second kappa shape index (κ2) is 5.08. The summed E-state index contributed by atoms with van der Waals surface area (Å²) in [6, 6.07) is 7.56. The molecule has 4 nitrogen and oxygen atoms in total. The molecule has 0 heterocycles. The van der Waals surface area contributed by atoms with Crippen LogP contribution in [0.3, 0.4) is 0 Å². The molecule has 2 N–H and O–H groups in total. The predicted octanol–water partition coefficient (Wildman–Crippen LogP) is 3.00. The lowest BCUT2D eigenvalue weighted by Crippen LogP contribution is -2.48. The number of rotatable bonds is 3. The molecule has 22 heavy (non-hydrogen) atoms. The second-order valence-corrected chi connectivity index (χ2v) is 7.73. The molecule has 0 spiro atoms. The number of fused-ring (bicyclic) bond motifs is 1. The van der Waals surface area contributed by atoms with Gasteiger partial charge in [-0.3, -0.25) is 9.59 Å². The van der Waals surface area contributed by atoms with E-state index in [0.717, 1.165) is 15.7 Å². The Hall–Kier alpha value is -1.37.